The number of carbonyl (C=O) groups is 5. The smallest absolute Gasteiger partial charge is 0.329 e. The van der Waals surface area contributed by atoms with Crippen LogP contribution in [0.4, 0.5) is 0 Å². The lowest BCUT2D eigenvalue weighted by Crippen LogP contribution is -2.61. The number of ether oxygens (including phenoxy) is 4. The molecule has 1 amide bonds. The third-order valence-corrected chi connectivity index (χ3v) is 15.9. The number of nitrogens with zero attached hydrogens (tertiary/aromatic N) is 1. The fourth-order valence-electron chi connectivity index (χ4n) is 11.2. The Morgan fingerprint density at radius 2 is 1.66 bits per heavy atom. The number of fused-ring (bicyclic) bond motifs is 3. The third kappa shape index (κ3) is 12.8. The van der Waals surface area contributed by atoms with Crippen molar-refractivity contribution >= 4 is 29.2 Å². The van der Waals surface area contributed by atoms with Gasteiger partial charge in [-0.2, -0.15) is 0 Å². The van der Waals surface area contributed by atoms with Crippen molar-refractivity contribution in [2.45, 2.75) is 187 Å². The van der Waals surface area contributed by atoms with Gasteiger partial charge in [-0.15, -0.1) is 0 Å². The summed E-state index contributed by atoms with van der Waals surface area (Å²) < 4.78 is 24.4. The van der Waals surface area contributed by atoms with Crippen molar-refractivity contribution in [1.29, 1.82) is 0 Å². The number of ketones is 3. The molecular weight excluding hydrogens is 827 g/mol. The van der Waals surface area contributed by atoms with Crippen LogP contribution in [0.3, 0.4) is 0 Å². The van der Waals surface area contributed by atoms with Gasteiger partial charge in [-0.1, -0.05) is 84.1 Å². The summed E-state index contributed by atoms with van der Waals surface area (Å²) in [4.78, 5) is 72.8. The largest absolute Gasteiger partial charge is 0.460 e. The number of methoxy groups -OCH3 is 2. The maximum atomic E-state index is 14.6. The van der Waals surface area contributed by atoms with Gasteiger partial charge in [0.15, 0.2) is 5.78 Å². The maximum Gasteiger partial charge on any atom is 0.329 e. The molecule has 5 aliphatic rings. The molecule has 2 N–H and O–H groups in total. The summed E-state index contributed by atoms with van der Waals surface area (Å²) in [5.41, 5.74) is -1.66. The van der Waals surface area contributed by atoms with Crippen LogP contribution in [0.25, 0.3) is 0 Å². The molecule has 2 saturated heterocycles. The van der Waals surface area contributed by atoms with Crippen LogP contribution in [0, 0.1) is 47.3 Å². The van der Waals surface area contributed by atoms with Gasteiger partial charge in [-0.3, -0.25) is 19.2 Å². The normalized spacial score (nSPS) is 42.4. The first-order chi connectivity index (χ1) is 30.7. The topological polar surface area (TPSA) is 166 Å². The minimum absolute atomic E-state index is 0.0830. The highest BCUT2D eigenvalue weighted by Gasteiger charge is 2.55. The summed E-state index contributed by atoms with van der Waals surface area (Å²) in [6.07, 6.45) is 17.7. The lowest BCUT2D eigenvalue weighted by Gasteiger charge is -2.48. The second-order valence-corrected chi connectivity index (χ2v) is 21.0. The maximum absolute atomic E-state index is 14.6. The van der Waals surface area contributed by atoms with E-state index >= 15 is 0 Å². The second kappa shape index (κ2) is 23.1. The summed E-state index contributed by atoms with van der Waals surface area (Å²) in [7, 11) is 2.99. The number of aliphatic hydroxyl groups is 2. The molecule has 65 heavy (non-hydrogen) atoms. The number of esters is 1. The zero-order chi connectivity index (χ0) is 47.8. The van der Waals surface area contributed by atoms with Crippen molar-refractivity contribution < 1.29 is 53.1 Å². The van der Waals surface area contributed by atoms with Crippen molar-refractivity contribution in [3.63, 3.8) is 0 Å². The van der Waals surface area contributed by atoms with Gasteiger partial charge in [-0.05, 0) is 132 Å². The third-order valence-electron chi connectivity index (χ3n) is 15.9. The summed E-state index contributed by atoms with van der Waals surface area (Å²) in [6.45, 7) is 15.4. The van der Waals surface area contributed by atoms with Gasteiger partial charge < -0.3 is 34.1 Å². The van der Waals surface area contributed by atoms with Crippen LogP contribution >= 0.6 is 0 Å². The van der Waals surface area contributed by atoms with Crippen LogP contribution in [0.15, 0.2) is 48.1 Å². The number of aliphatic hydroxyl groups excluding tert-OH is 2. The Morgan fingerprint density at radius 3 is 2.37 bits per heavy atom. The zero-order valence-electron chi connectivity index (χ0n) is 41.0. The van der Waals surface area contributed by atoms with Crippen LogP contribution < -0.4 is 0 Å². The number of rotatable bonds is 5. The van der Waals surface area contributed by atoms with Crippen LogP contribution in [0.5, 0.6) is 0 Å². The van der Waals surface area contributed by atoms with Crippen molar-refractivity contribution in [3.8, 4) is 0 Å². The van der Waals surface area contributed by atoms with Gasteiger partial charge >= 0.3 is 5.97 Å². The van der Waals surface area contributed by atoms with Gasteiger partial charge in [0.05, 0.1) is 17.8 Å². The lowest BCUT2D eigenvalue weighted by atomic mass is 9.74. The molecule has 364 valence electrons. The average molecular weight is 908 g/mol. The van der Waals surface area contributed by atoms with E-state index in [0.717, 1.165) is 19.3 Å². The molecule has 0 aromatic rings. The number of Topliss-reactive ketones (excluding diaryl/α,β-unsaturated/α-hetero) is 3. The Bertz CT molecular complexity index is 1800. The van der Waals surface area contributed by atoms with Crippen LogP contribution in [-0.2, 0) is 42.9 Å². The molecule has 2 unspecified atom stereocenters. The Labute approximate surface area is 389 Å². The zero-order valence-corrected chi connectivity index (χ0v) is 41.0. The van der Waals surface area contributed by atoms with E-state index in [1.165, 1.54) is 12.0 Å². The molecule has 0 aromatic heterocycles. The molecule has 2 aliphatic carbocycles. The van der Waals surface area contributed by atoms with E-state index in [0.29, 0.717) is 69.3 Å². The molecule has 12 heteroatoms. The summed E-state index contributed by atoms with van der Waals surface area (Å²) in [5.74, 6) is -3.37. The fourth-order valence-corrected chi connectivity index (χ4v) is 11.2. The number of hydrogen-bond donors (Lipinski definition) is 2. The molecule has 16 atom stereocenters. The summed E-state index contributed by atoms with van der Waals surface area (Å²) in [6, 6.07) is -1.01. The molecule has 3 aliphatic heterocycles. The number of hydrogen-bond acceptors (Lipinski definition) is 11. The second-order valence-electron chi connectivity index (χ2n) is 21.0. The quantitative estimate of drug-likeness (QED) is 0.157. The highest BCUT2D eigenvalue weighted by atomic mass is 16.5. The first-order valence-electron chi connectivity index (χ1n) is 24.7. The Morgan fingerprint density at radius 1 is 0.923 bits per heavy atom. The molecule has 1 saturated carbocycles. The minimum Gasteiger partial charge on any atom is -0.460 e. The number of allylic oxidation sites excluding steroid dienone is 6. The van der Waals surface area contributed by atoms with E-state index < -0.39 is 71.2 Å². The molecule has 3 fully saturated rings. The monoisotopic (exact) mass is 908 g/mol. The van der Waals surface area contributed by atoms with Crippen LogP contribution in [0.1, 0.15) is 139 Å². The Hall–Kier alpha value is -3.29. The van der Waals surface area contributed by atoms with Crippen molar-refractivity contribution in [2.24, 2.45) is 47.3 Å². The number of carbonyl (C=O) groups excluding carboxylic acids is 5. The van der Waals surface area contributed by atoms with Crippen molar-refractivity contribution in [2.75, 3.05) is 20.8 Å². The lowest BCUT2D eigenvalue weighted by molar-refractivity contribution is -0.198. The summed E-state index contributed by atoms with van der Waals surface area (Å²) >= 11 is 0. The number of amides is 1. The first kappa shape index (κ1) is 52.7. The van der Waals surface area contributed by atoms with Crippen LogP contribution in [-0.4, -0.2) is 113 Å². The summed E-state index contributed by atoms with van der Waals surface area (Å²) in [5, 5.41) is 22.0. The van der Waals surface area contributed by atoms with Gasteiger partial charge in [0, 0.05) is 39.0 Å². The highest BCUT2D eigenvalue weighted by Crippen LogP contribution is 2.48. The van der Waals surface area contributed by atoms with Gasteiger partial charge in [-0.25, -0.2) is 4.79 Å². The molecule has 0 radical (unpaired) electrons. The minimum atomic E-state index is -1.40. The van der Waals surface area contributed by atoms with Gasteiger partial charge in [0.1, 0.15) is 35.7 Å². The van der Waals surface area contributed by atoms with Crippen molar-refractivity contribution in [1.82, 2.24) is 4.90 Å². The van der Waals surface area contributed by atoms with E-state index in [1.807, 2.05) is 32.9 Å². The van der Waals surface area contributed by atoms with E-state index in [4.69, 9.17) is 18.9 Å². The molecular formula is C53H81NO11. The SMILES string of the molecule is CO[C@@H]1C[C@H](C[C@@H](C)[C@@H]2CC(=O)[C@H](C)/C=C(\C)[C@@H](O)[C@@H](OC)C(=O)[C@H](C)C[C@H](C)/C=C/C=C/CC(C)[C@H]3C=CC4(CC[C@@H](C)[C@@](C)(O4)C(=O)C(=O)N4CCCC[C@H]4C(=O)O2)C3)CC[C@H]1O. The molecule has 3 heterocycles. The predicted molar refractivity (Wildman–Crippen MR) is 249 cm³/mol. The van der Waals surface area contributed by atoms with Crippen molar-refractivity contribution in [3.05, 3.63) is 48.1 Å². The molecule has 1 spiro atoms. The van der Waals surface area contributed by atoms with E-state index in [-0.39, 0.29) is 60.2 Å². The van der Waals surface area contributed by atoms with Gasteiger partial charge in [0.2, 0.25) is 0 Å². The van der Waals surface area contributed by atoms with Crippen LogP contribution in [0.2, 0.25) is 0 Å². The Balaban J connectivity index is 1.46. The Kier molecular flexibility index (Phi) is 18.8. The first-order valence-corrected chi connectivity index (χ1v) is 24.7. The van der Waals surface area contributed by atoms with E-state index in [2.05, 4.69) is 38.2 Å². The fraction of sp³-hybridized carbons (Fsp3) is 0.755. The van der Waals surface area contributed by atoms with E-state index in [1.54, 1.807) is 34.0 Å². The molecule has 3 bridgehead atoms. The number of piperidine rings is 1. The molecule has 5 rings (SSSR count). The highest BCUT2D eigenvalue weighted by molar-refractivity contribution is 6.39. The van der Waals surface area contributed by atoms with E-state index in [9.17, 15) is 34.2 Å². The molecule has 0 aromatic carbocycles. The average Bonchev–Trinajstić information content (AvgIpc) is 3.69. The predicted octanol–water partition coefficient (Wildman–Crippen LogP) is 7.87. The standard InChI is InChI=1S/C53H81NO11/c1-32-16-12-11-13-17-33(2)40-22-24-53(31-40)23-21-38(7)52(8,65-53)49(59)50(60)54-25-15-14-18-41(54)51(61)64-44(35(4)28-39-19-20-42(55)45(29-39)62-9)30-43(56)34(3)27-37(6)47(58)48(63-10)46(57)36(5)26-32/h11-13,16,22,24,27,32-36,38-42,44-45,47-48,55,58H,14-15,17-21,23,25-26,28-31H2,1-10H3/b13-11+,16-12+,37-27+/t32-,33?,34-,35-,36-,38-,39+,40+,41+,42-,44+,45-,47-,48+,52-,53?/m1/s1. The van der Waals surface area contributed by atoms with Gasteiger partial charge in [0.25, 0.3) is 11.7 Å². The molecule has 12 nitrogen and oxygen atoms in total. The number of cyclic esters (lactones) is 1.